The van der Waals surface area contributed by atoms with Gasteiger partial charge in [-0.15, -0.1) is 0 Å². The van der Waals surface area contributed by atoms with Gasteiger partial charge in [0.25, 0.3) is 0 Å². The number of nitrogens with zero attached hydrogens (tertiary/aromatic N) is 2. The molecule has 0 saturated carbocycles. The molecular formula is C19H26ClN3O2. The summed E-state index contributed by atoms with van der Waals surface area (Å²) in [4.78, 5) is 18.1. The summed E-state index contributed by atoms with van der Waals surface area (Å²) in [5.41, 5.74) is 2.10. The smallest absolute Gasteiger partial charge is 0.330 e. The molecule has 0 spiro atoms. The lowest BCUT2D eigenvalue weighted by atomic mass is 10.2. The SMILES string of the molecule is CCOC(=O)/C=C/c1cnc(N[C@@H]2CCN(CC=C(C)C)C2)c(Cl)c1. The summed E-state index contributed by atoms with van der Waals surface area (Å²) < 4.78 is 4.85. The molecular weight excluding hydrogens is 338 g/mol. The zero-order valence-corrected chi connectivity index (χ0v) is 15.8. The molecule has 0 unspecified atom stereocenters. The van der Waals surface area contributed by atoms with Gasteiger partial charge in [0.05, 0.1) is 11.6 Å². The van der Waals surface area contributed by atoms with Crippen molar-refractivity contribution in [1.29, 1.82) is 0 Å². The minimum Gasteiger partial charge on any atom is -0.463 e. The molecule has 1 saturated heterocycles. The molecule has 1 atom stereocenters. The molecule has 1 aromatic heterocycles. The summed E-state index contributed by atoms with van der Waals surface area (Å²) in [5, 5.41) is 3.97. The van der Waals surface area contributed by atoms with Gasteiger partial charge in [0, 0.05) is 37.9 Å². The number of halogens is 1. The van der Waals surface area contributed by atoms with Gasteiger partial charge in [-0.3, -0.25) is 4.90 Å². The van der Waals surface area contributed by atoms with E-state index in [-0.39, 0.29) is 5.97 Å². The molecule has 0 bridgehead atoms. The monoisotopic (exact) mass is 363 g/mol. The third-order valence-electron chi connectivity index (χ3n) is 3.93. The fourth-order valence-corrected chi connectivity index (χ4v) is 2.86. The van der Waals surface area contributed by atoms with Gasteiger partial charge < -0.3 is 10.1 Å². The van der Waals surface area contributed by atoms with E-state index in [1.807, 2.05) is 0 Å². The molecule has 0 aliphatic carbocycles. The van der Waals surface area contributed by atoms with Crippen molar-refractivity contribution < 1.29 is 9.53 Å². The maximum atomic E-state index is 11.3. The van der Waals surface area contributed by atoms with E-state index in [9.17, 15) is 4.79 Å². The number of anilines is 1. The van der Waals surface area contributed by atoms with E-state index in [0.29, 0.717) is 23.5 Å². The Bertz CT molecular complexity index is 654. The number of hydrogen-bond acceptors (Lipinski definition) is 5. The summed E-state index contributed by atoms with van der Waals surface area (Å²) >= 11 is 6.33. The Kier molecular flexibility index (Phi) is 7.47. The van der Waals surface area contributed by atoms with Crippen LogP contribution < -0.4 is 5.32 Å². The maximum Gasteiger partial charge on any atom is 0.330 e. The molecule has 0 radical (unpaired) electrons. The van der Waals surface area contributed by atoms with Crippen LogP contribution in [0, 0.1) is 0 Å². The van der Waals surface area contributed by atoms with E-state index in [2.05, 4.69) is 35.1 Å². The van der Waals surface area contributed by atoms with Gasteiger partial charge in [-0.2, -0.15) is 0 Å². The van der Waals surface area contributed by atoms with E-state index >= 15 is 0 Å². The lowest BCUT2D eigenvalue weighted by molar-refractivity contribution is -0.137. The number of carbonyl (C=O) groups excluding carboxylic acids is 1. The van der Waals surface area contributed by atoms with E-state index in [4.69, 9.17) is 16.3 Å². The van der Waals surface area contributed by atoms with Crippen LogP contribution in [0.2, 0.25) is 5.02 Å². The van der Waals surface area contributed by atoms with Gasteiger partial charge in [-0.25, -0.2) is 9.78 Å². The predicted molar refractivity (Wildman–Crippen MR) is 103 cm³/mol. The fraction of sp³-hybridized carbons (Fsp3) is 0.474. The first-order valence-corrected chi connectivity index (χ1v) is 8.98. The first kappa shape index (κ1) is 19.5. The minimum absolute atomic E-state index is 0.344. The lowest BCUT2D eigenvalue weighted by Crippen LogP contribution is -2.26. The molecule has 1 aliphatic rings. The highest BCUT2D eigenvalue weighted by Crippen LogP contribution is 2.23. The molecule has 25 heavy (non-hydrogen) atoms. The average molecular weight is 364 g/mol. The first-order valence-electron chi connectivity index (χ1n) is 8.60. The summed E-state index contributed by atoms with van der Waals surface area (Å²) in [6.45, 7) is 9.40. The van der Waals surface area contributed by atoms with Crippen molar-refractivity contribution in [3.63, 3.8) is 0 Å². The second-order valence-electron chi connectivity index (χ2n) is 6.36. The number of hydrogen-bond donors (Lipinski definition) is 1. The summed E-state index contributed by atoms with van der Waals surface area (Å²) in [7, 11) is 0. The van der Waals surface area contributed by atoms with Crippen LogP contribution in [-0.4, -0.2) is 48.1 Å². The zero-order valence-electron chi connectivity index (χ0n) is 15.1. The number of rotatable bonds is 7. The second-order valence-corrected chi connectivity index (χ2v) is 6.76. The van der Waals surface area contributed by atoms with Crippen molar-refractivity contribution in [1.82, 2.24) is 9.88 Å². The van der Waals surface area contributed by atoms with Crippen molar-refractivity contribution in [2.75, 3.05) is 31.6 Å². The summed E-state index contributed by atoms with van der Waals surface area (Å²) in [6, 6.07) is 2.14. The highest BCUT2D eigenvalue weighted by molar-refractivity contribution is 6.33. The maximum absolute atomic E-state index is 11.3. The van der Waals surface area contributed by atoms with Crippen molar-refractivity contribution in [3.8, 4) is 0 Å². The Morgan fingerprint density at radius 1 is 1.52 bits per heavy atom. The fourth-order valence-electron chi connectivity index (χ4n) is 2.63. The van der Waals surface area contributed by atoms with Gasteiger partial charge in [0.1, 0.15) is 5.82 Å². The minimum atomic E-state index is -0.372. The Balaban J connectivity index is 1.91. The molecule has 5 nitrogen and oxygen atoms in total. The number of nitrogens with one attached hydrogen (secondary N) is 1. The Hall–Kier alpha value is -1.85. The second kappa shape index (κ2) is 9.59. The third-order valence-corrected chi connectivity index (χ3v) is 4.22. The molecule has 1 fully saturated rings. The van der Waals surface area contributed by atoms with Crippen molar-refractivity contribution in [2.45, 2.75) is 33.2 Å². The molecule has 1 aliphatic heterocycles. The highest BCUT2D eigenvalue weighted by atomic mass is 35.5. The van der Waals surface area contributed by atoms with E-state index in [1.165, 1.54) is 11.6 Å². The number of aromatic nitrogens is 1. The highest BCUT2D eigenvalue weighted by Gasteiger charge is 2.22. The quantitative estimate of drug-likeness (QED) is 0.454. The van der Waals surface area contributed by atoms with E-state index in [0.717, 1.165) is 31.6 Å². The van der Waals surface area contributed by atoms with Crippen LogP contribution in [0.15, 0.2) is 30.0 Å². The van der Waals surface area contributed by atoms with Gasteiger partial charge in [-0.1, -0.05) is 23.3 Å². The average Bonchev–Trinajstić information content (AvgIpc) is 3.01. The van der Waals surface area contributed by atoms with Gasteiger partial charge in [-0.05, 0) is 44.9 Å². The third kappa shape index (κ3) is 6.52. The van der Waals surface area contributed by atoms with Crippen LogP contribution in [0.5, 0.6) is 0 Å². The van der Waals surface area contributed by atoms with Crippen molar-refractivity contribution >= 4 is 29.5 Å². The molecule has 2 heterocycles. The molecule has 0 amide bonds. The molecule has 136 valence electrons. The van der Waals surface area contributed by atoms with Gasteiger partial charge in [0.2, 0.25) is 0 Å². The number of carbonyl (C=O) groups is 1. The van der Waals surface area contributed by atoms with Gasteiger partial charge in [0.15, 0.2) is 0 Å². The van der Waals surface area contributed by atoms with E-state index < -0.39 is 0 Å². The standard InChI is InChI=1S/C19H26ClN3O2/c1-4-25-18(24)6-5-15-11-17(20)19(21-12-15)22-16-8-10-23(13-16)9-7-14(2)3/h5-7,11-12,16H,4,8-10,13H2,1-3H3,(H,21,22)/b6-5+/t16-/m1/s1. The molecule has 0 aromatic carbocycles. The number of allylic oxidation sites excluding steroid dienone is 1. The predicted octanol–water partition coefficient (Wildman–Crippen LogP) is 3.76. The summed E-state index contributed by atoms with van der Waals surface area (Å²) in [6.07, 6.45) is 8.04. The Labute approximate surface area is 154 Å². The van der Waals surface area contributed by atoms with Crippen LogP contribution >= 0.6 is 11.6 Å². The van der Waals surface area contributed by atoms with Crippen molar-refractivity contribution in [3.05, 3.63) is 40.6 Å². The molecule has 6 heteroatoms. The van der Waals surface area contributed by atoms with Crippen molar-refractivity contribution in [2.24, 2.45) is 0 Å². The molecule has 1 N–H and O–H groups in total. The van der Waals surface area contributed by atoms with Crippen LogP contribution in [0.3, 0.4) is 0 Å². The largest absolute Gasteiger partial charge is 0.463 e. The molecule has 1 aromatic rings. The molecule has 2 rings (SSSR count). The van der Waals surface area contributed by atoms with Crippen LogP contribution in [-0.2, 0) is 9.53 Å². The first-order chi connectivity index (χ1) is 12.0. The van der Waals surface area contributed by atoms with E-state index in [1.54, 1.807) is 25.3 Å². The van der Waals surface area contributed by atoms with Gasteiger partial charge >= 0.3 is 5.97 Å². The Morgan fingerprint density at radius 3 is 3.00 bits per heavy atom. The topological polar surface area (TPSA) is 54.5 Å². The normalized spacial score (nSPS) is 17.7. The number of esters is 1. The number of likely N-dealkylation sites (tertiary alicyclic amines) is 1. The zero-order chi connectivity index (χ0) is 18.2. The number of ether oxygens (including phenoxy) is 1. The number of pyridine rings is 1. The van der Waals surface area contributed by atoms with Crippen LogP contribution in [0.25, 0.3) is 6.08 Å². The Morgan fingerprint density at radius 2 is 2.32 bits per heavy atom. The summed E-state index contributed by atoms with van der Waals surface area (Å²) in [5.74, 6) is 0.312. The van der Waals surface area contributed by atoms with Crippen LogP contribution in [0.4, 0.5) is 5.82 Å². The van der Waals surface area contributed by atoms with Crippen LogP contribution in [0.1, 0.15) is 32.8 Å². The lowest BCUT2D eigenvalue weighted by Gasteiger charge is -2.16.